The van der Waals surface area contributed by atoms with Crippen molar-refractivity contribution < 1.29 is 22.7 Å². The van der Waals surface area contributed by atoms with Crippen molar-refractivity contribution in [3.8, 4) is 0 Å². The molecule has 1 saturated heterocycles. The molecule has 1 aromatic carbocycles. The van der Waals surface area contributed by atoms with Crippen LogP contribution in [0.15, 0.2) is 27.6 Å². The van der Waals surface area contributed by atoms with Gasteiger partial charge in [0.2, 0.25) is 10.0 Å². The first-order chi connectivity index (χ1) is 9.34. The lowest BCUT2D eigenvalue weighted by atomic mass is 10.2. The van der Waals surface area contributed by atoms with Gasteiger partial charge < -0.3 is 10.4 Å². The van der Waals surface area contributed by atoms with Gasteiger partial charge in [-0.2, -0.15) is 4.31 Å². The molecule has 1 aliphatic heterocycles. The molecular weight excluding hydrogens is 355 g/mol. The van der Waals surface area contributed by atoms with Crippen molar-refractivity contribution in [2.75, 3.05) is 19.6 Å². The zero-order chi connectivity index (χ0) is 14.9. The molecule has 0 spiro atoms. The summed E-state index contributed by atoms with van der Waals surface area (Å²) in [5.41, 5.74) is 0. The summed E-state index contributed by atoms with van der Waals surface area (Å²) >= 11 is 3.04. The summed E-state index contributed by atoms with van der Waals surface area (Å²) in [5, 5.41) is 11.9. The third kappa shape index (κ3) is 2.85. The largest absolute Gasteiger partial charge is 0.480 e. The minimum atomic E-state index is -4.19. The van der Waals surface area contributed by atoms with Gasteiger partial charge in [-0.1, -0.05) is 15.9 Å². The monoisotopic (exact) mass is 366 g/mol. The number of halogens is 2. The average Bonchev–Trinajstić information content (AvgIpc) is 2.38. The van der Waals surface area contributed by atoms with Crippen LogP contribution in [0.4, 0.5) is 4.39 Å². The lowest BCUT2D eigenvalue weighted by Gasteiger charge is -2.32. The second-order valence-electron chi connectivity index (χ2n) is 4.25. The highest BCUT2D eigenvalue weighted by Crippen LogP contribution is 2.24. The number of benzene rings is 1. The van der Waals surface area contributed by atoms with Gasteiger partial charge >= 0.3 is 5.97 Å². The Bertz CT molecular complexity index is 637. The first-order valence-electron chi connectivity index (χ1n) is 5.74. The van der Waals surface area contributed by atoms with Crippen LogP contribution in [0.5, 0.6) is 0 Å². The minimum Gasteiger partial charge on any atom is -0.480 e. The number of hydrogen-bond acceptors (Lipinski definition) is 4. The summed E-state index contributed by atoms with van der Waals surface area (Å²) in [6.45, 7) is 0.294. The normalized spacial score (nSPS) is 20.8. The van der Waals surface area contributed by atoms with E-state index in [0.29, 0.717) is 11.0 Å². The highest BCUT2D eigenvalue weighted by Gasteiger charge is 2.38. The van der Waals surface area contributed by atoms with Crippen molar-refractivity contribution in [3.63, 3.8) is 0 Å². The zero-order valence-electron chi connectivity index (χ0n) is 10.2. The fourth-order valence-corrected chi connectivity index (χ4v) is 3.96. The van der Waals surface area contributed by atoms with Crippen LogP contribution in [0.1, 0.15) is 0 Å². The Hall–Kier alpha value is -1.03. The molecule has 1 aliphatic rings. The van der Waals surface area contributed by atoms with Crippen molar-refractivity contribution in [2.45, 2.75) is 10.9 Å². The molecule has 9 heteroatoms. The van der Waals surface area contributed by atoms with Crippen LogP contribution in [0, 0.1) is 5.82 Å². The Kier molecular flexibility index (Phi) is 4.43. The Morgan fingerprint density at radius 2 is 2.20 bits per heavy atom. The Morgan fingerprint density at radius 1 is 1.50 bits per heavy atom. The van der Waals surface area contributed by atoms with Crippen LogP contribution in [0.25, 0.3) is 0 Å². The number of carbonyl (C=O) groups is 1. The number of hydrogen-bond donors (Lipinski definition) is 2. The van der Waals surface area contributed by atoms with Crippen molar-refractivity contribution in [3.05, 3.63) is 28.5 Å². The molecule has 1 heterocycles. The van der Waals surface area contributed by atoms with E-state index in [1.807, 2.05) is 0 Å². The van der Waals surface area contributed by atoms with Gasteiger partial charge in [0.1, 0.15) is 16.8 Å². The number of sulfonamides is 1. The summed E-state index contributed by atoms with van der Waals surface area (Å²) in [6.07, 6.45) is 0. The molecule has 0 aromatic heterocycles. The summed E-state index contributed by atoms with van der Waals surface area (Å²) in [7, 11) is -4.19. The van der Waals surface area contributed by atoms with Gasteiger partial charge in [0.15, 0.2) is 0 Å². The first-order valence-corrected chi connectivity index (χ1v) is 7.98. The van der Waals surface area contributed by atoms with Crippen molar-refractivity contribution >= 4 is 31.9 Å². The molecule has 1 aromatic rings. The minimum absolute atomic E-state index is 0.00723. The maximum atomic E-state index is 13.8. The van der Waals surface area contributed by atoms with E-state index in [1.165, 1.54) is 6.07 Å². The molecule has 0 aliphatic carbocycles. The van der Waals surface area contributed by atoms with Crippen molar-refractivity contribution in [2.24, 2.45) is 0 Å². The predicted octanol–water partition coefficient (Wildman–Crippen LogP) is 0.635. The molecule has 110 valence electrons. The van der Waals surface area contributed by atoms with Crippen LogP contribution in [-0.4, -0.2) is 49.5 Å². The topological polar surface area (TPSA) is 86.7 Å². The van der Waals surface area contributed by atoms with Gasteiger partial charge in [0, 0.05) is 24.1 Å². The van der Waals surface area contributed by atoms with E-state index in [1.54, 1.807) is 0 Å². The Labute approximate surface area is 123 Å². The second-order valence-corrected chi connectivity index (χ2v) is 7.02. The number of carboxylic acid groups (broad SMARTS) is 1. The number of rotatable bonds is 3. The third-order valence-electron chi connectivity index (χ3n) is 2.96. The van der Waals surface area contributed by atoms with Crippen molar-refractivity contribution in [1.29, 1.82) is 0 Å². The molecule has 1 fully saturated rings. The smallest absolute Gasteiger partial charge is 0.323 e. The fraction of sp³-hybridized carbons (Fsp3) is 0.364. The van der Waals surface area contributed by atoms with Crippen LogP contribution in [0.3, 0.4) is 0 Å². The van der Waals surface area contributed by atoms with Crippen LogP contribution in [-0.2, 0) is 14.8 Å². The maximum absolute atomic E-state index is 13.8. The van der Waals surface area contributed by atoms with E-state index >= 15 is 0 Å². The SMILES string of the molecule is O=C(O)C1CNCCN1S(=O)(=O)c1ccc(Br)cc1F. The van der Waals surface area contributed by atoms with Gasteiger partial charge in [-0.3, -0.25) is 4.79 Å². The molecule has 2 N–H and O–H groups in total. The number of nitrogens with one attached hydrogen (secondary N) is 1. The van der Waals surface area contributed by atoms with E-state index < -0.39 is 32.7 Å². The van der Waals surface area contributed by atoms with E-state index in [9.17, 15) is 17.6 Å². The average molecular weight is 367 g/mol. The van der Waals surface area contributed by atoms with Crippen LogP contribution < -0.4 is 5.32 Å². The standard InChI is InChI=1S/C11H12BrFN2O4S/c12-7-1-2-10(8(13)5-7)20(18,19)15-4-3-14-6-9(15)11(16)17/h1-2,5,9,14H,3-4,6H2,(H,16,17). The van der Waals surface area contributed by atoms with E-state index in [2.05, 4.69) is 21.2 Å². The van der Waals surface area contributed by atoms with Crippen molar-refractivity contribution in [1.82, 2.24) is 9.62 Å². The lowest BCUT2D eigenvalue weighted by Crippen LogP contribution is -2.56. The lowest BCUT2D eigenvalue weighted by molar-refractivity contribution is -0.141. The molecule has 2 rings (SSSR count). The van der Waals surface area contributed by atoms with Crippen LogP contribution >= 0.6 is 15.9 Å². The molecule has 0 amide bonds. The molecule has 6 nitrogen and oxygen atoms in total. The molecule has 20 heavy (non-hydrogen) atoms. The molecular formula is C11H12BrFN2O4S. The number of carboxylic acids is 1. The van der Waals surface area contributed by atoms with E-state index in [4.69, 9.17) is 5.11 Å². The van der Waals surface area contributed by atoms with E-state index in [0.717, 1.165) is 16.4 Å². The first kappa shape index (κ1) is 15.4. The quantitative estimate of drug-likeness (QED) is 0.819. The Balaban J connectivity index is 2.45. The summed E-state index contributed by atoms with van der Waals surface area (Å²) in [5.74, 6) is -2.18. The summed E-state index contributed by atoms with van der Waals surface area (Å²) in [6, 6.07) is 2.31. The maximum Gasteiger partial charge on any atom is 0.323 e. The predicted molar refractivity (Wildman–Crippen MR) is 72.3 cm³/mol. The highest BCUT2D eigenvalue weighted by molar-refractivity contribution is 9.10. The molecule has 0 bridgehead atoms. The van der Waals surface area contributed by atoms with E-state index in [-0.39, 0.29) is 13.1 Å². The number of nitrogens with zero attached hydrogens (tertiary/aromatic N) is 1. The van der Waals surface area contributed by atoms with Crippen LogP contribution in [0.2, 0.25) is 0 Å². The molecule has 0 radical (unpaired) electrons. The number of aliphatic carboxylic acids is 1. The molecule has 1 unspecified atom stereocenters. The van der Waals surface area contributed by atoms with Gasteiger partial charge in [0.05, 0.1) is 0 Å². The fourth-order valence-electron chi connectivity index (χ4n) is 1.99. The summed E-state index contributed by atoms with van der Waals surface area (Å²) < 4.78 is 39.9. The number of piperazine rings is 1. The summed E-state index contributed by atoms with van der Waals surface area (Å²) in [4.78, 5) is 10.6. The second kappa shape index (κ2) is 5.76. The molecule has 1 atom stereocenters. The molecule has 0 saturated carbocycles. The van der Waals surface area contributed by atoms with Gasteiger partial charge in [-0.25, -0.2) is 12.8 Å². The van der Waals surface area contributed by atoms with Gasteiger partial charge in [-0.05, 0) is 18.2 Å². The third-order valence-corrected chi connectivity index (χ3v) is 5.39. The zero-order valence-corrected chi connectivity index (χ0v) is 12.6. The highest BCUT2D eigenvalue weighted by atomic mass is 79.9. The van der Waals surface area contributed by atoms with Gasteiger partial charge in [-0.15, -0.1) is 0 Å². The Morgan fingerprint density at radius 3 is 2.80 bits per heavy atom. The van der Waals surface area contributed by atoms with Gasteiger partial charge in [0.25, 0.3) is 0 Å².